The van der Waals surface area contributed by atoms with E-state index < -0.39 is 28.5 Å². The van der Waals surface area contributed by atoms with E-state index in [9.17, 15) is 18.0 Å². The highest BCUT2D eigenvalue weighted by Crippen LogP contribution is 2.27. The summed E-state index contributed by atoms with van der Waals surface area (Å²) < 4.78 is 35.2. The molecule has 0 aliphatic heterocycles. The molecule has 4 aromatic rings. The summed E-state index contributed by atoms with van der Waals surface area (Å²) >= 11 is 0. The van der Waals surface area contributed by atoms with Gasteiger partial charge in [0.2, 0.25) is 11.8 Å². The van der Waals surface area contributed by atoms with Crippen molar-refractivity contribution < 1.29 is 22.7 Å². The lowest BCUT2D eigenvalue weighted by Crippen LogP contribution is -2.53. The van der Waals surface area contributed by atoms with Crippen molar-refractivity contribution in [1.82, 2.24) is 10.2 Å². The summed E-state index contributed by atoms with van der Waals surface area (Å²) in [5, 5.41) is 3.02. The number of benzene rings is 4. The first-order chi connectivity index (χ1) is 22.4. The molecule has 0 aliphatic carbocycles. The van der Waals surface area contributed by atoms with E-state index in [2.05, 4.69) is 5.32 Å². The molecule has 0 saturated heterocycles. The van der Waals surface area contributed by atoms with Crippen molar-refractivity contribution in [3.63, 3.8) is 0 Å². The smallest absolute Gasteiger partial charge is 0.264 e. The molecule has 0 fully saturated rings. The van der Waals surface area contributed by atoms with E-state index in [4.69, 9.17) is 4.74 Å². The molecule has 1 N–H and O–H groups in total. The number of hydrogen-bond acceptors (Lipinski definition) is 5. The average molecular weight is 656 g/mol. The molecule has 0 spiro atoms. The highest BCUT2D eigenvalue weighted by molar-refractivity contribution is 7.92. The Bertz CT molecular complexity index is 1750. The van der Waals surface area contributed by atoms with Gasteiger partial charge in [0.1, 0.15) is 18.3 Å². The summed E-state index contributed by atoms with van der Waals surface area (Å²) in [5.41, 5.74) is 4.63. The fourth-order valence-electron chi connectivity index (χ4n) is 5.40. The third-order valence-corrected chi connectivity index (χ3v) is 9.61. The van der Waals surface area contributed by atoms with Crippen molar-refractivity contribution in [3.8, 4) is 5.75 Å². The summed E-state index contributed by atoms with van der Waals surface area (Å²) in [6.07, 6.45) is 0.245. The Hall–Kier alpha value is -4.63. The van der Waals surface area contributed by atoms with E-state index in [0.29, 0.717) is 18.0 Å². The van der Waals surface area contributed by atoms with E-state index in [-0.39, 0.29) is 29.7 Å². The molecule has 9 heteroatoms. The van der Waals surface area contributed by atoms with Gasteiger partial charge in [-0.25, -0.2) is 8.42 Å². The predicted octanol–water partition coefficient (Wildman–Crippen LogP) is 6.23. The average Bonchev–Trinajstić information content (AvgIpc) is 3.04. The summed E-state index contributed by atoms with van der Waals surface area (Å²) in [6, 6.07) is 27.9. The van der Waals surface area contributed by atoms with Gasteiger partial charge in [0.25, 0.3) is 10.0 Å². The van der Waals surface area contributed by atoms with Gasteiger partial charge in [-0.1, -0.05) is 80.1 Å². The molecular formula is C38H45N3O5S. The van der Waals surface area contributed by atoms with Crippen LogP contribution in [-0.4, -0.2) is 51.4 Å². The molecule has 8 nitrogen and oxygen atoms in total. The van der Waals surface area contributed by atoms with Gasteiger partial charge >= 0.3 is 0 Å². The zero-order valence-corrected chi connectivity index (χ0v) is 28.9. The number of hydrogen-bond donors (Lipinski definition) is 1. The minimum absolute atomic E-state index is 0.0634. The molecule has 0 aromatic heterocycles. The van der Waals surface area contributed by atoms with E-state index >= 15 is 0 Å². The monoisotopic (exact) mass is 655 g/mol. The van der Waals surface area contributed by atoms with Gasteiger partial charge in [-0.05, 0) is 85.3 Å². The maximum atomic E-state index is 14.7. The molecule has 0 unspecified atom stereocenters. The molecule has 47 heavy (non-hydrogen) atoms. The highest BCUT2D eigenvalue weighted by Gasteiger charge is 2.35. The lowest BCUT2D eigenvalue weighted by atomic mass is 10.0. The molecule has 0 saturated carbocycles. The van der Waals surface area contributed by atoms with Gasteiger partial charge in [0.05, 0.1) is 17.7 Å². The first-order valence-corrected chi connectivity index (χ1v) is 17.2. The Labute approximate surface area is 279 Å². The van der Waals surface area contributed by atoms with E-state index in [1.54, 1.807) is 43.5 Å². The van der Waals surface area contributed by atoms with Crippen molar-refractivity contribution in [2.45, 2.75) is 58.5 Å². The second-order valence-corrected chi connectivity index (χ2v) is 14.3. The van der Waals surface area contributed by atoms with E-state index in [0.717, 1.165) is 32.1 Å². The number of amides is 2. The number of ether oxygens (including phenoxy) is 1. The Balaban J connectivity index is 1.83. The lowest BCUT2D eigenvalue weighted by Gasteiger charge is -2.34. The van der Waals surface area contributed by atoms with Crippen molar-refractivity contribution in [2.24, 2.45) is 5.92 Å². The van der Waals surface area contributed by atoms with Crippen molar-refractivity contribution in [2.75, 3.05) is 24.5 Å². The molecule has 4 rings (SSSR count). The Kier molecular flexibility index (Phi) is 11.8. The molecule has 0 aliphatic rings. The zero-order valence-electron chi connectivity index (χ0n) is 28.1. The van der Waals surface area contributed by atoms with Gasteiger partial charge in [0, 0.05) is 19.5 Å². The number of nitrogens with one attached hydrogen (secondary N) is 1. The van der Waals surface area contributed by atoms with Crippen LogP contribution in [-0.2, 0) is 32.6 Å². The number of methoxy groups -OCH3 is 1. The summed E-state index contributed by atoms with van der Waals surface area (Å²) in [6.45, 7) is 9.65. The van der Waals surface area contributed by atoms with Gasteiger partial charge < -0.3 is 15.0 Å². The summed E-state index contributed by atoms with van der Waals surface area (Å²) in [5.74, 6) is -0.0161. The minimum atomic E-state index is -4.18. The number of nitrogens with zero attached hydrogens (tertiary/aromatic N) is 2. The standard InChI is InChI=1S/C38H45N3O5S/c1-27(2)24-39-38(43)36(23-31-11-8-7-9-12-31)40(25-32-13-10-14-34(22-32)46-6)37(42)26-41(33-20-29(4)19-30(5)21-33)47(44,45)35-17-15-28(3)16-18-35/h7-22,27,36H,23-26H2,1-6H3,(H,39,43)/t36-/m1/s1. The van der Waals surface area contributed by atoms with Crippen LogP contribution >= 0.6 is 0 Å². The second kappa shape index (κ2) is 15.8. The summed E-state index contributed by atoms with van der Waals surface area (Å²) in [7, 11) is -2.61. The lowest BCUT2D eigenvalue weighted by molar-refractivity contribution is -0.140. The predicted molar refractivity (Wildman–Crippen MR) is 187 cm³/mol. The molecule has 0 radical (unpaired) electrons. The number of rotatable bonds is 14. The largest absolute Gasteiger partial charge is 0.497 e. The first kappa shape index (κ1) is 35.2. The van der Waals surface area contributed by atoms with Crippen LogP contribution in [0.3, 0.4) is 0 Å². The van der Waals surface area contributed by atoms with Crippen molar-refractivity contribution >= 4 is 27.5 Å². The molecule has 0 bridgehead atoms. The van der Waals surface area contributed by atoms with E-state index in [1.165, 1.54) is 4.90 Å². The number of carbonyl (C=O) groups is 2. The van der Waals surface area contributed by atoms with Gasteiger partial charge in [-0.15, -0.1) is 0 Å². The van der Waals surface area contributed by atoms with Crippen molar-refractivity contribution in [1.29, 1.82) is 0 Å². The number of carbonyl (C=O) groups excluding carboxylic acids is 2. The quantitative estimate of drug-likeness (QED) is 0.174. The van der Waals surface area contributed by atoms with Crippen LogP contribution in [0.1, 0.15) is 41.7 Å². The van der Waals surface area contributed by atoms with Crippen LogP contribution in [0.15, 0.2) is 102 Å². The fourth-order valence-corrected chi connectivity index (χ4v) is 6.80. The third kappa shape index (κ3) is 9.45. The molecular weight excluding hydrogens is 611 g/mol. The van der Waals surface area contributed by atoms with Crippen LogP contribution in [0.2, 0.25) is 0 Å². The fraction of sp³-hybridized carbons (Fsp3) is 0.316. The number of anilines is 1. The van der Waals surface area contributed by atoms with Crippen LogP contribution in [0, 0.1) is 26.7 Å². The van der Waals surface area contributed by atoms with Crippen molar-refractivity contribution in [3.05, 3.63) is 125 Å². The Morgan fingerprint density at radius 2 is 1.43 bits per heavy atom. The number of aryl methyl sites for hydroxylation is 3. The molecule has 1 atom stereocenters. The van der Waals surface area contributed by atoms with Crippen LogP contribution in [0.25, 0.3) is 0 Å². The van der Waals surface area contributed by atoms with Crippen LogP contribution in [0.4, 0.5) is 5.69 Å². The molecule has 248 valence electrons. The highest BCUT2D eigenvalue weighted by atomic mass is 32.2. The van der Waals surface area contributed by atoms with Crippen LogP contribution < -0.4 is 14.4 Å². The minimum Gasteiger partial charge on any atom is -0.497 e. The molecule has 0 heterocycles. The SMILES string of the molecule is COc1cccc(CN(C(=O)CN(c2cc(C)cc(C)c2)S(=O)(=O)c2ccc(C)cc2)[C@H](Cc2ccccc2)C(=O)NCC(C)C)c1. The molecule has 2 amide bonds. The van der Waals surface area contributed by atoms with Crippen LogP contribution in [0.5, 0.6) is 5.75 Å². The molecule has 4 aromatic carbocycles. The number of sulfonamides is 1. The Morgan fingerprint density at radius 1 is 0.787 bits per heavy atom. The Morgan fingerprint density at radius 3 is 2.04 bits per heavy atom. The maximum Gasteiger partial charge on any atom is 0.264 e. The third-order valence-electron chi connectivity index (χ3n) is 7.82. The topological polar surface area (TPSA) is 96.0 Å². The van der Waals surface area contributed by atoms with Gasteiger partial charge in [0.15, 0.2) is 0 Å². The normalized spacial score (nSPS) is 12.0. The van der Waals surface area contributed by atoms with Gasteiger partial charge in [-0.2, -0.15) is 0 Å². The second-order valence-electron chi connectivity index (χ2n) is 12.4. The van der Waals surface area contributed by atoms with Gasteiger partial charge in [-0.3, -0.25) is 13.9 Å². The summed E-state index contributed by atoms with van der Waals surface area (Å²) in [4.78, 5) is 30.2. The first-order valence-electron chi connectivity index (χ1n) is 15.8. The zero-order chi connectivity index (χ0) is 34.1. The maximum absolute atomic E-state index is 14.7. The van der Waals surface area contributed by atoms with E-state index in [1.807, 2.05) is 95.3 Å².